The molecule has 2 amide bonds. The Morgan fingerprint density at radius 1 is 1.71 bits per heavy atom. The molecule has 1 heterocycles. The zero-order chi connectivity index (χ0) is 10.6. The first-order valence-electron chi connectivity index (χ1n) is 5.00. The lowest BCUT2D eigenvalue weighted by molar-refractivity contribution is -0.0128. The van der Waals surface area contributed by atoms with E-state index in [1.807, 2.05) is 6.92 Å². The Bertz CT molecular complexity index is 198. The summed E-state index contributed by atoms with van der Waals surface area (Å²) in [6.07, 6.45) is -0.00189. The highest BCUT2D eigenvalue weighted by molar-refractivity contribution is 5.74. The molecule has 0 aromatic carbocycles. The third-order valence-corrected chi connectivity index (χ3v) is 2.47. The Morgan fingerprint density at radius 3 is 3.00 bits per heavy atom. The molecule has 14 heavy (non-hydrogen) atoms. The van der Waals surface area contributed by atoms with Gasteiger partial charge in [0.1, 0.15) is 0 Å². The molecule has 0 aromatic rings. The molecule has 0 spiro atoms. The number of ether oxygens (including phenoxy) is 1. The van der Waals surface area contributed by atoms with E-state index in [0.717, 1.165) is 6.54 Å². The van der Waals surface area contributed by atoms with Gasteiger partial charge in [0.2, 0.25) is 0 Å². The van der Waals surface area contributed by atoms with E-state index < -0.39 is 0 Å². The monoisotopic (exact) mass is 201 g/mol. The van der Waals surface area contributed by atoms with E-state index in [1.165, 1.54) is 0 Å². The number of morpholine rings is 1. The third-order valence-electron chi connectivity index (χ3n) is 2.47. The van der Waals surface area contributed by atoms with Crippen molar-refractivity contribution in [3.05, 3.63) is 0 Å². The lowest BCUT2D eigenvalue weighted by atomic mass is 10.3. The molecule has 1 aliphatic rings. The summed E-state index contributed by atoms with van der Waals surface area (Å²) in [7, 11) is 1.80. The molecule has 1 unspecified atom stereocenters. The van der Waals surface area contributed by atoms with E-state index in [4.69, 9.17) is 10.5 Å². The van der Waals surface area contributed by atoms with Gasteiger partial charge in [0.05, 0.1) is 12.7 Å². The largest absolute Gasteiger partial charge is 0.373 e. The van der Waals surface area contributed by atoms with Crippen LogP contribution in [-0.4, -0.2) is 61.8 Å². The molecule has 1 rings (SSSR count). The van der Waals surface area contributed by atoms with E-state index in [2.05, 4.69) is 0 Å². The van der Waals surface area contributed by atoms with Crippen LogP contribution in [0.4, 0.5) is 4.79 Å². The molecule has 0 aromatic heterocycles. The topological polar surface area (TPSA) is 58.8 Å². The molecular formula is C9H19N3O2. The highest BCUT2D eigenvalue weighted by Gasteiger charge is 2.24. The van der Waals surface area contributed by atoms with E-state index in [0.29, 0.717) is 26.2 Å². The van der Waals surface area contributed by atoms with Crippen molar-refractivity contribution in [1.82, 2.24) is 9.80 Å². The number of carbonyl (C=O) groups excluding carboxylic acids is 1. The van der Waals surface area contributed by atoms with Gasteiger partial charge in [0, 0.05) is 33.2 Å². The fourth-order valence-corrected chi connectivity index (χ4v) is 1.41. The average molecular weight is 201 g/mol. The zero-order valence-corrected chi connectivity index (χ0v) is 8.90. The molecule has 0 aliphatic carbocycles. The van der Waals surface area contributed by atoms with Crippen LogP contribution in [0.3, 0.4) is 0 Å². The smallest absolute Gasteiger partial charge is 0.319 e. The van der Waals surface area contributed by atoms with Crippen LogP contribution in [-0.2, 0) is 4.74 Å². The number of amides is 2. The molecule has 1 aliphatic heterocycles. The number of nitrogens with two attached hydrogens (primary N) is 1. The van der Waals surface area contributed by atoms with Gasteiger partial charge in [0.15, 0.2) is 0 Å². The number of hydrogen-bond donors (Lipinski definition) is 1. The van der Waals surface area contributed by atoms with E-state index >= 15 is 0 Å². The molecule has 1 saturated heterocycles. The van der Waals surface area contributed by atoms with Crippen LogP contribution in [0.1, 0.15) is 6.92 Å². The van der Waals surface area contributed by atoms with Gasteiger partial charge in [-0.2, -0.15) is 0 Å². The number of rotatable bonds is 2. The first-order chi connectivity index (χ1) is 6.69. The Hall–Kier alpha value is -0.810. The van der Waals surface area contributed by atoms with Crippen molar-refractivity contribution >= 4 is 6.03 Å². The molecule has 1 atom stereocenters. The van der Waals surface area contributed by atoms with Gasteiger partial charge in [-0.25, -0.2) is 4.79 Å². The number of urea groups is 1. The summed E-state index contributed by atoms with van der Waals surface area (Å²) in [5.74, 6) is 0. The second-order valence-corrected chi connectivity index (χ2v) is 3.47. The number of hydrogen-bond acceptors (Lipinski definition) is 3. The van der Waals surface area contributed by atoms with Gasteiger partial charge < -0.3 is 20.3 Å². The van der Waals surface area contributed by atoms with E-state index in [1.54, 1.807) is 16.8 Å². The van der Waals surface area contributed by atoms with Crippen LogP contribution in [0.15, 0.2) is 0 Å². The maximum atomic E-state index is 11.7. The molecule has 2 N–H and O–H groups in total. The van der Waals surface area contributed by atoms with Crippen LogP contribution < -0.4 is 5.73 Å². The predicted molar refractivity (Wildman–Crippen MR) is 54.1 cm³/mol. The van der Waals surface area contributed by atoms with E-state index in [9.17, 15) is 4.79 Å². The van der Waals surface area contributed by atoms with Crippen molar-refractivity contribution in [3.63, 3.8) is 0 Å². The van der Waals surface area contributed by atoms with Gasteiger partial charge in [-0.1, -0.05) is 0 Å². The first kappa shape index (κ1) is 11.3. The second-order valence-electron chi connectivity index (χ2n) is 3.47. The maximum Gasteiger partial charge on any atom is 0.319 e. The summed E-state index contributed by atoms with van der Waals surface area (Å²) >= 11 is 0. The summed E-state index contributed by atoms with van der Waals surface area (Å²) in [4.78, 5) is 15.2. The van der Waals surface area contributed by atoms with Gasteiger partial charge >= 0.3 is 6.03 Å². The molecule has 0 radical (unpaired) electrons. The summed E-state index contributed by atoms with van der Waals surface area (Å²) < 4.78 is 5.38. The number of carbonyl (C=O) groups is 1. The van der Waals surface area contributed by atoms with Gasteiger partial charge in [-0.3, -0.25) is 0 Å². The van der Waals surface area contributed by atoms with Gasteiger partial charge in [-0.15, -0.1) is 0 Å². The van der Waals surface area contributed by atoms with Crippen molar-refractivity contribution in [3.8, 4) is 0 Å². The predicted octanol–water partition coefficient (Wildman–Crippen LogP) is -0.282. The summed E-state index contributed by atoms with van der Waals surface area (Å²) in [6, 6.07) is 0.0641. The highest BCUT2D eigenvalue weighted by Crippen LogP contribution is 2.06. The Labute approximate surface area is 84.8 Å². The number of nitrogens with zero attached hydrogens (tertiary/aromatic N) is 2. The summed E-state index contributed by atoms with van der Waals surface area (Å²) in [5, 5.41) is 0. The van der Waals surface area contributed by atoms with Gasteiger partial charge in [-0.05, 0) is 6.92 Å². The van der Waals surface area contributed by atoms with Gasteiger partial charge in [0.25, 0.3) is 0 Å². The van der Waals surface area contributed by atoms with Crippen LogP contribution >= 0.6 is 0 Å². The van der Waals surface area contributed by atoms with Crippen molar-refractivity contribution < 1.29 is 9.53 Å². The molecular weight excluding hydrogens is 182 g/mol. The Kier molecular flexibility index (Phi) is 4.16. The normalized spacial score (nSPS) is 22.2. The fraction of sp³-hybridized carbons (Fsp3) is 0.889. The fourth-order valence-electron chi connectivity index (χ4n) is 1.41. The standard InChI is InChI=1S/C9H19N3O2/c1-3-11(2)9(13)12-4-5-14-8(6-10)7-12/h8H,3-7,10H2,1-2H3. The summed E-state index contributed by atoms with van der Waals surface area (Å²) in [6.45, 7) is 5.02. The Balaban J connectivity index is 2.47. The minimum Gasteiger partial charge on any atom is -0.373 e. The van der Waals surface area contributed by atoms with Crippen LogP contribution in [0.2, 0.25) is 0 Å². The molecule has 0 bridgehead atoms. The first-order valence-corrected chi connectivity index (χ1v) is 5.00. The van der Waals surface area contributed by atoms with Crippen molar-refractivity contribution in [2.24, 2.45) is 5.73 Å². The SMILES string of the molecule is CCN(C)C(=O)N1CCOC(CN)C1. The van der Waals surface area contributed by atoms with Crippen molar-refractivity contribution in [2.45, 2.75) is 13.0 Å². The van der Waals surface area contributed by atoms with Crippen molar-refractivity contribution in [1.29, 1.82) is 0 Å². The lowest BCUT2D eigenvalue weighted by Crippen LogP contribution is -2.51. The minimum absolute atomic E-state index is 0.00189. The molecule has 82 valence electrons. The highest BCUT2D eigenvalue weighted by atomic mass is 16.5. The van der Waals surface area contributed by atoms with Crippen LogP contribution in [0.5, 0.6) is 0 Å². The minimum atomic E-state index is -0.00189. The zero-order valence-electron chi connectivity index (χ0n) is 8.90. The second kappa shape index (κ2) is 5.17. The summed E-state index contributed by atoms with van der Waals surface area (Å²) in [5.41, 5.74) is 5.50. The molecule has 0 saturated carbocycles. The van der Waals surface area contributed by atoms with E-state index in [-0.39, 0.29) is 12.1 Å². The average Bonchev–Trinajstić information content (AvgIpc) is 2.27. The molecule has 5 nitrogen and oxygen atoms in total. The van der Waals surface area contributed by atoms with Crippen LogP contribution in [0, 0.1) is 0 Å². The Morgan fingerprint density at radius 2 is 2.43 bits per heavy atom. The molecule has 5 heteroatoms. The third kappa shape index (κ3) is 2.59. The molecule has 1 fully saturated rings. The maximum absolute atomic E-state index is 11.7. The van der Waals surface area contributed by atoms with Crippen LogP contribution in [0.25, 0.3) is 0 Å². The lowest BCUT2D eigenvalue weighted by Gasteiger charge is -2.34. The van der Waals surface area contributed by atoms with Crippen molar-refractivity contribution in [2.75, 3.05) is 39.8 Å². The quantitative estimate of drug-likeness (QED) is 0.668.